The fourth-order valence-corrected chi connectivity index (χ4v) is 14.7. The van der Waals surface area contributed by atoms with Crippen LogP contribution in [0, 0.1) is 0 Å². The van der Waals surface area contributed by atoms with E-state index in [4.69, 9.17) is 14.2 Å². The first-order valence-corrected chi connectivity index (χ1v) is 39.7. The molecule has 28 nitrogen and oxygen atoms in total. The highest BCUT2D eigenvalue weighted by Gasteiger charge is 2.50. The highest BCUT2D eigenvalue weighted by molar-refractivity contribution is 5.97. The van der Waals surface area contributed by atoms with Gasteiger partial charge in [0.2, 0.25) is 17.5 Å². The zero-order chi connectivity index (χ0) is 99.4. The van der Waals surface area contributed by atoms with Crippen molar-refractivity contribution in [3.63, 3.8) is 0 Å². The molecule has 0 spiro atoms. The number of hydrogen-bond acceptors (Lipinski definition) is 22. The number of amides is 3. The molecule has 3 aliphatic heterocycles. The first kappa shape index (κ1) is 103. The van der Waals surface area contributed by atoms with Gasteiger partial charge in [-0.05, 0) is 182 Å². The lowest BCUT2D eigenvalue weighted by atomic mass is 9.94. The van der Waals surface area contributed by atoms with E-state index in [1.165, 1.54) is 20.8 Å². The number of aliphatic hydroxyl groups excluding tert-OH is 2. The SMILES string of the molecule is CCOC(=O)N1c2ccc(C(F)(F)F)cc2N(C(c2cc(C(F)(F)F)cc(C(F)(F)F)c2)c2nnn(CC(=O)OC)n2)CC1CC.CCOC(=O)N1c2ccc(C(F)(F)F)cc2N(C(c2cc(C(F)(F)F)cc(C(F)(F)F)c2)c2nnn(CCO)n2)CC1CC.CCOC(=O)N1c2ccc(C(F)(F)F)cc2N([C@H](c2cc(C(F)(F)F)cc(C(F)(F)F)c2)c2nnn(CCO)n2)C[C@H]1CC. The quantitative estimate of drug-likeness (QED) is 0.0384. The second-order valence-corrected chi connectivity index (χ2v) is 29.4. The molecule has 0 radical (unpaired) electrons. The van der Waals surface area contributed by atoms with Crippen LogP contribution in [0.15, 0.2) is 109 Å². The summed E-state index contributed by atoms with van der Waals surface area (Å²) in [6.07, 6.45) is -48.6. The molecule has 0 saturated carbocycles. The van der Waals surface area contributed by atoms with E-state index in [1.54, 1.807) is 20.8 Å². The van der Waals surface area contributed by atoms with Crippen molar-refractivity contribution in [3.05, 3.63) is 193 Å². The minimum atomic E-state index is -5.27. The van der Waals surface area contributed by atoms with Gasteiger partial charge in [-0.15, -0.1) is 30.6 Å². The number of tetrazole rings is 3. The number of halogens is 27. The van der Waals surface area contributed by atoms with E-state index < -0.39 is 232 Å². The predicted molar refractivity (Wildman–Crippen MR) is 412 cm³/mol. The van der Waals surface area contributed by atoms with Crippen molar-refractivity contribution in [2.75, 3.05) is 89.2 Å². The van der Waals surface area contributed by atoms with Gasteiger partial charge in [0.1, 0.15) is 18.1 Å². The summed E-state index contributed by atoms with van der Waals surface area (Å²) >= 11 is 0. The molecule has 55 heteroatoms. The highest BCUT2D eigenvalue weighted by Crippen LogP contribution is 2.53. The van der Waals surface area contributed by atoms with Crippen LogP contribution in [0.5, 0.6) is 0 Å². The third-order valence-electron chi connectivity index (χ3n) is 20.7. The summed E-state index contributed by atoms with van der Waals surface area (Å²) in [5.74, 6) is -2.37. The van der Waals surface area contributed by atoms with Crippen LogP contribution < -0.4 is 29.4 Å². The minimum absolute atomic E-state index is 0.0835. The maximum absolute atomic E-state index is 13.9. The lowest BCUT2D eigenvalue weighted by Crippen LogP contribution is -2.53. The number of hydrogen-bond donors (Lipinski definition) is 2. The molecule has 9 aromatic rings. The average molecular weight is 1950 g/mol. The molecule has 0 aliphatic carbocycles. The molecule has 730 valence electrons. The number of alkyl halides is 27. The topological polar surface area (TPSA) is 296 Å². The van der Waals surface area contributed by atoms with Crippen molar-refractivity contribution >= 4 is 58.4 Å². The Morgan fingerprint density at radius 1 is 0.336 bits per heavy atom. The summed E-state index contributed by atoms with van der Waals surface area (Å²) in [5.41, 5.74) is -17.3. The Labute approximate surface area is 738 Å². The van der Waals surface area contributed by atoms with Gasteiger partial charge in [-0.3, -0.25) is 14.7 Å². The van der Waals surface area contributed by atoms with Crippen molar-refractivity contribution < 1.29 is 167 Å². The van der Waals surface area contributed by atoms with Crippen LogP contribution in [0.4, 0.5) is 167 Å². The smallest absolute Gasteiger partial charge is 0.416 e. The molecule has 6 aromatic carbocycles. The van der Waals surface area contributed by atoms with Gasteiger partial charge in [0.05, 0.1) is 156 Å². The van der Waals surface area contributed by atoms with E-state index in [1.807, 2.05) is 0 Å². The van der Waals surface area contributed by atoms with Crippen molar-refractivity contribution in [3.8, 4) is 0 Å². The zero-order valence-electron chi connectivity index (χ0n) is 70.2. The van der Waals surface area contributed by atoms with Gasteiger partial charge in [-0.25, -0.2) is 19.2 Å². The maximum Gasteiger partial charge on any atom is 0.416 e. The lowest BCUT2D eigenvalue weighted by Gasteiger charge is -2.45. The molecule has 6 atom stereocenters. The van der Waals surface area contributed by atoms with Gasteiger partial charge >= 0.3 is 79.8 Å². The van der Waals surface area contributed by atoms with Gasteiger partial charge in [-0.2, -0.15) is 133 Å². The van der Waals surface area contributed by atoms with Crippen molar-refractivity contribution in [1.29, 1.82) is 0 Å². The van der Waals surface area contributed by atoms with Crippen molar-refractivity contribution in [2.45, 2.75) is 172 Å². The molecule has 6 heterocycles. The number of anilines is 6. The van der Waals surface area contributed by atoms with Crippen LogP contribution in [0.3, 0.4) is 0 Å². The van der Waals surface area contributed by atoms with Crippen LogP contribution in [-0.2, 0) is 99.0 Å². The van der Waals surface area contributed by atoms with Crippen LogP contribution >= 0.6 is 0 Å². The average Bonchev–Trinajstić information content (AvgIpc) is 1.09. The van der Waals surface area contributed by atoms with Crippen LogP contribution in [-0.4, -0.2) is 173 Å². The van der Waals surface area contributed by atoms with Crippen LogP contribution in [0.2, 0.25) is 0 Å². The summed E-state index contributed by atoms with van der Waals surface area (Å²) in [5, 5.41) is 52.9. The van der Waals surface area contributed by atoms with Gasteiger partial charge in [0.15, 0.2) is 6.54 Å². The molecule has 134 heavy (non-hydrogen) atoms. The van der Waals surface area contributed by atoms with Gasteiger partial charge < -0.3 is 43.9 Å². The molecule has 12 rings (SSSR count). The Balaban J connectivity index is 0.000000208. The summed E-state index contributed by atoms with van der Waals surface area (Å²) in [6, 6.07) is 1.11. The maximum atomic E-state index is 13.9. The molecule has 3 aromatic heterocycles. The lowest BCUT2D eigenvalue weighted by molar-refractivity contribution is -0.144. The Hall–Kier alpha value is -12.8. The minimum Gasteiger partial charge on any atom is -0.468 e. The largest absolute Gasteiger partial charge is 0.468 e. The molecule has 2 N–H and O–H groups in total. The Morgan fingerprint density at radius 3 is 0.776 bits per heavy atom. The van der Waals surface area contributed by atoms with E-state index in [-0.39, 0.29) is 112 Å². The van der Waals surface area contributed by atoms with E-state index >= 15 is 0 Å². The normalized spacial score (nSPS) is 16.5. The summed E-state index contributed by atoms with van der Waals surface area (Å²) in [4.78, 5) is 59.6. The Kier molecular flexibility index (Phi) is 31.0. The van der Waals surface area contributed by atoms with Crippen LogP contribution in [0.25, 0.3) is 0 Å². The summed E-state index contributed by atoms with van der Waals surface area (Å²) < 4.78 is 395. The number of aromatic nitrogens is 12. The number of benzene rings is 6. The Morgan fingerprint density at radius 2 is 0.567 bits per heavy atom. The van der Waals surface area contributed by atoms with Crippen molar-refractivity contribution in [1.82, 2.24) is 60.6 Å². The van der Waals surface area contributed by atoms with E-state index in [2.05, 4.69) is 51.0 Å². The Bertz CT molecular complexity index is 5320. The molecular formula is C79H75F27N18O10. The number of fused-ring (bicyclic) bond motifs is 3. The first-order chi connectivity index (χ1) is 62.4. The van der Waals surface area contributed by atoms with E-state index in [9.17, 15) is 148 Å². The number of carbonyl (C=O) groups is 4. The van der Waals surface area contributed by atoms with Crippen LogP contribution in [0.1, 0.15) is 163 Å². The standard InChI is InChI=1S/C27H25F9N6O4.2C26H25F9N6O3/c1-4-18-12-40(20-11-15(25(28,29)30)6-7-19(20)42(18)24(44)46-5-2)22(23-37-39-41(38-23)13-21(43)45-3)14-8-16(26(31,32)33)10-17(9-14)27(34,35)36;2*1-3-18-13-39(20-12-15(24(27,28)29)5-6-19(20)41(18)23(43)44-4-2)21(22-36-38-40(37-22)7-8-42)14-9-16(25(30,31)32)11-17(10-14)26(33,34)35/h6-11,18,22H,4-5,12-13H2,1-3H3;2*5-6,9-12,18,21,42H,3-4,7-8,13H2,1-2H3/t;18-,21-;/m.1./s1. The number of aliphatic hydroxyl groups is 2. The number of carbonyl (C=O) groups excluding carboxylic acids is 4. The number of nitrogens with zero attached hydrogens (tertiary/aromatic N) is 18. The molecule has 4 unspecified atom stereocenters. The van der Waals surface area contributed by atoms with Gasteiger partial charge in [0.25, 0.3) is 0 Å². The third kappa shape index (κ3) is 23.5. The third-order valence-corrected chi connectivity index (χ3v) is 20.7. The number of methoxy groups -OCH3 is 1. The molecule has 3 aliphatic rings. The molecule has 3 amide bonds. The second-order valence-electron chi connectivity index (χ2n) is 29.4. The van der Waals surface area contributed by atoms with E-state index in [0.29, 0.717) is 77.6 Å². The number of esters is 1. The summed E-state index contributed by atoms with van der Waals surface area (Å²) in [6.45, 7) is 5.75. The van der Waals surface area contributed by atoms with E-state index in [0.717, 1.165) is 64.3 Å². The number of rotatable bonds is 21. The highest BCUT2D eigenvalue weighted by atomic mass is 19.4. The zero-order valence-corrected chi connectivity index (χ0v) is 70.2. The fraction of sp³-hybridized carbons (Fsp3) is 0.456. The molecule has 0 bridgehead atoms. The molecule has 0 fully saturated rings. The van der Waals surface area contributed by atoms with Gasteiger partial charge in [-0.1, -0.05) is 20.8 Å². The monoisotopic (exact) mass is 1950 g/mol. The second kappa shape index (κ2) is 40.2. The molecular weight excluding hydrogens is 1870 g/mol. The number of ether oxygens (including phenoxy) is 4. The fourth-order valence-electron chi connectivity index (χ4n) is 14.7. The molecule has 0 saturated heterocycles. The summed E-state index contributed by atoms with van der Waals surface area (Å²) in [7, 11) is 1.04. The van der Waals surface area contributed by atoms with Crippen molar-refractivity contribution in [2.24, 2.45) is 0 Å². The predicted octanol–water partition coefficient (Wildman–Crippen LogP) is 18.4. The van der Waals surface area contributed by atoms with Gasteiger partial charge in [0, 0.05) is 19.6 Å². The first-order valence-electron chi connectivity index (χ1n) is 39.7.